The first-order chi connectivity index (χ1) is 24.8. The molecule has 4 heteroatoms. The second-order valence-electron chi connectivity index (χ2n) is 13.1. The van der Waals surface area contributed by atoms with E-state index in [9.17, 15) is 0 Å². The van der Waals surface area contributed by atoms with Crippen molar-refractivity contribution in [3.63, 3.8) is 0 Å². The Bertz CT molecular complexity index is 3160. The zero-order chi connectivity index (χ0) is 32.8. The Kier molecular flexibility index (Phi) is 5.63. The molecule has 7 aromatic carbocycles. The Labute approximate surface area is 287 Å². The SMILES string of the molecule is c1ccc2c(c1)cc(-n1c3ccccc3c3ccc(-c4ccc5c6ccccc6n(-c6ccc7cnccc7c6)c5c4)cc31)c1cccnc12. The molecule has 11 rings (SSSR count). The topological polar surface area (TPSA) is 35.6 Å². The van der Waals surface area contributed by atoms with Crippen molar-refractivity contribution in [3.05, 3.63) is 170 Å². The van der Waals surface area contributed by atoms with Gasteiger partial charge in [0.05, 0.1) is 33.3 Å². The van der Waals surface area contributed by atoms with Crippen LogP contribution in [-0.2, 0) is 0 Å². The molecule has 0 N–H and O–H groups in total. The van der Waals surface area contributed by atoms with Crippen LogP contribution in [0.3, 0.4) is 0 Å². The molecule has 0 fully saturated rings. The first kappa shape index (κ1) is 27.2. The summed E-state index contributed by atoms with van der Waals surface area (Å²) in [5.74, 6) is 0. The third-order valence-electron chi connectivity index (χ3n) is 10.4. The summed E-state index contributed by atoms with van der Waals surface area (Å²) < 4.78 is 4.84. The molecule has 0 bridgehead atoms. The minimum atomic E-state index is 1.02. The van der Waals surface area contributed by atoms with Gasteiger partial charge < -0.3 is 9.13 Å². The van der Waals surface area contributed by atoms with Crippen LogP contribution in [0.2, 0.25) is 0 Å². The van der Waals surface area contributed by atoms with Crippen molar-refractivity contribution in [2.45, 2.75) is 0 Å². The van der Waals surface area contributed by atoms with Gasteiger partial charge in [-0.25, -0.2) is 0 Å². The molecular weight excluding hydrogens is 609 g/mol. The van der Waals surface area contributed by atoms with Gasteiger partial charge in [-0.05, 0) is 82.6 Å². The molecule has 0 aliphatic rings. The Morgan fingerprint density at radius 2 is 1.02 bits per heavy atom. The third kappa shape index (κ3) is 3.87. The van der Waals surface area contributed by atoms with Gasteiger partial charge in [-0.1, -0.05) is 91.0 Å². The van der Waals surface area contributed by atoms with Gasteiger partial charge >= 0.3 is 0 Å². The molecule has 0 spiro atoms. The van der Waals surface area contributed by atoms with E-state index in [-0.39, 0.29) is 0 Å². The van der Waals surface area contributed by atoms with Crippen LogP contribution in [-0.4, -0.2) is 19.1 Å². The Balaban J connectivity index is 1.18. The summed E-state index contributed by atoms with van der Waals surface area (Å²) in [5.41, 5.74) is 10.4. The minimum Gasteiger partial charge on any atom is -0.309 e. The van der Waals surface area contributed by atoms with Gasteiger partial charge in [0.1, 0.15) is 0 Å². The number of para-hydroxylation sites is 2. The Hall–Kier alpha value is -6.78. The smallest absolute Gasteiger partial charge is 0.0801 e. The summed E-state index contributed by atoms with van der Waals surface area (Å²) in [5, 5.41) is 10.7. The van der Waals surface area contributed by atoms with E-state index < -0.39 is 0 Å². The molecule has 0 aliphatic heterocycles. The molecule has 4 aromatic heterocycles. The van der Waals surface area contributed by atoms with Crippen LogP contribution in [0.15, 0.2) is 170 Å². The number of benzene rings is 7. The van der Waals surface area contributed by atoms with Crippen molar-refractivity contribution in [3.8, 4) is 22.5 Å². The first-order valence-electron chi connectivity index (χ1n) is 17.0. The van der Waals surface area contributed by atoms with E-state index in [0.717, 1.165) is 27.7 Å². The highest BCUT2D eigenvalue weighted by atomic mass is 15.0. The van der Waals surface area contributed by atoms with Crippen LogP contribution in [0, 0.1) is 0 Å². The van der Waals surface area contributed by atoms with Crippen LogP contribution >= 0.6 is 0 Å². The van der Waals surface area contributed by atoms with Crippen LogP contribution in [0.4, 0.5) is 0 Å². The molecule has 0 saturated carbocycles. The van der Waals surface area contributed by atoms with Crippen LogP contribution < -0.4 is 0 Å². The molecule has 50 heavy (non-hydrogen) atoms. The molecule has 0 aliphatic carbocycles. The largest absolute Gasteiger partial charge is 0.309 e. The van der Waals surface area contributed by atoms with Crippen molar-refractivity contribution < 1.29 is 0 Å². The maximum absolute atomic E-state index is 4.88. The normalized spacial score (nSPS) is 12.0. The van der Waals surface area contributed by atoms with Crippen molar-refractivity contribution in [1.82, 2.24) is 19.1 Å². The average Bonchev–Trinajstić information content (AvgIpc) is 3.69. The van der Waals surface area contributed by atoms with E-state index in [0.29, 0.717) is 0 Å². The molecule has 0 radical (unpaired) electrons. The van der Waals surface area contributed by atoms with Gasteiger partial charge in [0.2, 0.25) is 0 Å². The number of pyridine rings is 2. The number of aromatic nitrogens is 4. The third-order valence-corrected chi connectivity index (χ3v) is 10.4. The van der Waals surface area contributed by atoms with Crippen LogP contribution in [0.5, 0.6) is 0 Å². The van der Waals surface area contributed by atoms with Gasteiger partial charge in [-0.2, -0.15) is 0 Å². The predicted octanol–water partition coefficient (Wildman–Crippen LogP) is 11.8. The zero-order valence-corrected chi connectivity index (χ0v) is 27.0. The summed E-state index contributed by atoms with van der Waals surface area (Å²) in [6.07, 6.45) is 5.69. The van der Waals surface area contributed by atoms with E-state index in [1.54, 1.807) is 0 Å². The maximum Gasteiger partial charge on any atom is 0.0801 e. The van der Waals surface area contributed by atoms with E-state index in [1.165, 1.54) is 70.9 Å². The average molecular weight is 637 g/mol. The highest BCUT2D eigenvalue weighted by Crippen LogP contribution is 2.40. The van der Waals surface area contributed by atoms with E-state index >= 15 is 0 Å². The van der Waals surface area contributed by atoms with Crippen LogP contribution in [0.1, 0.15) is 0 Å². The van der Waals surface area contributed by atoms with Crippen molar-refractivity contribution in [2.75, 3.05) is 0 Å². The van der Waals surface area contributed by atoms with Crippen molar-refractivity contribution >= 4 is 76.1 Å². The number of hydrogen-bond acceptors (Lipinski definition) is 2. The molecular formula is C46H28N4. The van der Waals surface area contributed by atoms with Crippen molar-refractivity contribution in [1.29, 1.82) is 0 Å². The molecule has 4 nitrogen and oxygen atoms in total. The van der Waals surface area contributed by atoms with Gasteiger partial charge in [-0.15, -0.1) is 0 Å². The number of fused-ring (bicyclic) bond motifs is 10. The lowest BCUT2D eigenvalue weighted by Crippen LogP contribution is -1.97. The van der Waals surface area contributed by atoms with E-state index in [2.05, 4.69) is 160 Å². The maximum atomic E-state index is 4.88. The highest BCUT2D eigenvalue weighted by molar-refractivity contribution is 6.15. The van der Waals surface area contributed by atoms with Crippen LogP contribution in [0.25, 0.3) is 98.6 Å². The number of rotatable bonds is 3. The Morgan fingerprint density at radius 1 is 0.380 bits per heavy atom. The van der Waals surface area contributed by atoms with Gasteiger partial charge in [0.15, 0.2) is 0 Å². The molecule has 232 valence electrons. The fourth-order valence-corrected chi connectivity index (χ4v) is 8.12. The number of hydrogen-bond donors (Lipinski definition) is 0. The fraction of sp³-hybridized carbons (Fsp3) is 0. The molecule has 0 amide bonds. The quantitative estimate of drug-likeness (QED) is 0.181. The molecule has 0 unspecified atom stereocenters. The lowest BCUT2D eigenvalue weighted by Gasteiger charge is -2.14. The minimum absolute atomic E-state index is 1.02. The molecule has 11 aromatic rings. The monoisotopic (exact) mass is 636 g/mol. The van der Waals surface area contributed by atoms with E-state index in [4.69, 9.17) is 4.98 Å². The summed E-state index contributed by atoms with van der Waals surface area (Å²) in [4.78, 5) is 9.21. The lowest BCUT2D eigenvalue weighted by molar-refractivity contribution is 1.18. The van der Waals surface area contributed by atoms with E-state index in [1.807, 2.05) is 24.7 Å². The second kappa shape index (κ2) is 10.4. The second-order valence-corrected chi connectivity index (χ2v) is 13.1. The predicted molar refractivity (Wildman–Crippen MR) is 209 cm³/mol. The zero-order valence-electron chi connectivity index (χ0n) is 27.0. The highest BCUT2D eigenvalue weighted by Gasteiger charge is 2.18. The molecule has 0 atom stereocenters. The summed E-state index contributed by atoms with van der Waals surface area (Å²) in [7, 11) is 0. The Morgan fingerprint density at radius 3 is 1.80 bits per heavy atom. The fourth-order valence-electron chi connectivity index (χ4n) is 8.12. The lowest BCUT2D eigenvalue weighted by atomic mass is 10.0. The van der Waals surface area contributed by atoms with Crippen molar-refractivity contribution in [2.24, 2.45) is 0 Å². The summed E-state index contributed by atoms with van der Waals surface area (Å²) >= 11 is 0. The molecule has 4 heterocycles. The summed E-state index contributed by atoms with van der Waals surface area (Å²) in [6, 6.07) is 55.1. The first-order valence-corrected chi connectivity index (χ1v) is 17.0. The standard InChI is InChI=1S/C46H28N4/c1-2-9-35-32(8-1)27-45(40-12-7-22-48-46(35)40)50-42-14-6-4-11-37(42)39-20-17-30(26-44(39)50)29-16-19-38-36-10-3-5-13-41(36)49(43(38)25-29)34-18-15-33-28-47-23-21-31(33)24-34/h1-28H. The summed E-state index contributed by atoms with van der Waals surface area (Å²) in [6.45, 7) is 0. The van der Waals surface area contributed by atoms with Gasteiger partial charge in [-0.3, -0.25) is 9.97 Å². The van der Waals surface area contributed by atoms with Gasteiger partial charge in [0.25, 0.3) is 0 Å². The van der Waals surface area contributed by atoms with Gasteiger partial charge in [0, 0.05) is 62.0 Å². The molecule has 0 saturated heterocycles. The number of nitrogens with zero attached hydrogens (tertiary/aromatic N) is 4.